The van der Waals surface area contributed by atoms with E-state index in [2.05, 4.69) is 15.1 Å². The van der Waals surface area contributed by atoms with Crippen molar-refractivity contribution in [3.8, 4) is 0 Å². The molecule has 0 atom stereocenters. The van der Waals surface area contributed by atoms with E-state index in [0.29, 0.717) is 18.1 Å². The first kappa shape index (κ1) is 11.7. The Morgan fingerprint density at radius 1 is 1.29 bits per heavy atom. The first-order valence-electron chi connectivity index (χ1n) is 5.69. The number of aliphatic hydroxyl groups excluding tert-OH is 1. The zero-order valence-corrected chi connectivity index (χ0v) is 9.54. The first-order chi connectivity index (χ1) is 8.38. The maximum absolute atomic E-state index is 8.67. The number of hydrogen-bond donors (Lipinski definition) is 1. The van der Waals surface area contributed by atoms with Crippen molar-refractivity contribution in [1.82, 2.24) is 15.1 Å². The number of nitrogens with zero attached hydrogens (tertiary/aromatic N) is 3. The van der Waals surface area contributed by atoms with Gasteiger partial charge in [-0.1, -0.05) is 11.2 Å². The first-order valence-corrected chi connectivity index (χ1v) is 5.69. The summed E-state index contributed by atoms with van der Waals surface area (Å²) in [6.07, 6.45) is 6.52. The molecule has 2 aromatic rings. The van der Waals surface area contributed by atoms with Crippen LogP contribution in [0.2, 0.25) is 0 Å². The lowest BCUT2D eigenvalue weighted by Crippen LogP contribution is -1.92. The van der Waals surface area contributed by atoms with Gasteiger partial charge in [0.25, 0.3) is 0 Å². The lowest BCUT2D eigenvalue weighted by atomic mass is 10.2. The summed E-state index contributed by atoms with van der Waals surface area (Å²) in [7, 11) is 0. The molecule has 2 rings (SSSR count). The van der Waals surface area contributed by atoms with Crippen molar-refractivity contribution in [2.45, 2.75) is 25.7 Å². The summed E-state index contributed by atoms with van der Waals surface area (Å²) < 4.78 is 5.12. The molecule has 0 unspecified atom stereocenters. The van der Waals surface area contributed by atoms with E-state index >= 15 is 0 Å². The van der Waals surface area contributed by atoms with Gasteiger partial charge < -0.3 is 9.63 Å². The lowest BCUT2D eigenvalue weighted by Gasteiger charge is -1.93. The highest BCUT2D eigenvalue weighted by molar-refractivity contribution is 5.13. The van der Waals surface area contributed by atoms with E-state index < -0.39 is 0 Å². The zero-order chi connectivity index (χ0) is 11.9. The summed E-state index contributed by atoms with van der Waals surface area (Å²) in [5.41, 5.74) is 1.07. The summed E-state index contributed by atoms with van der Waals surface area (Å²) in [5, 5.41) is 12.6. The van der Waals surface area contributed by atoms with Crippen LogP contribution in [0.4, 0.5) is 0 Å². The Morgan fingerprint density at radius 3 is 3.00 bits per heavy atom. The summed E-state index contributed by atoms with van der Waals surface area (Å²) in [5.74, 6) is 1.31. The molecule has 5 nitrogen and oxygen atoms in total. The summed E-state index contributed by atoms with van der Waals surface area (Å²) in [4.78, 5) is 8.32. The van der Waals surface area contributed by atoms with Gasteiger partial charge in [0.2, 0.25) is 5.89 Å². The Balaban J connectivity index is 1.90. The van der Waals surface area contributed by atoms with E-state index in [0.717, 1.165) is 24.8 Å². The topological polar surface area (TPSA) is 72.0 Å². The molecule has 0 radical (unpaired) electrons. The third-order valence-electron chi connectivity index (χ3n) is 2.39. The molecule has 0 amide bonds. The van der Waals surface area contributed by atoms with E-state index in [1.807, 2.05) is 12.1 Å². The highest BCUT2D eigenvalue weighted by Gasteiger charge is 2.06. The van der Waals surface area contributed by atoms with Crippen molar-refractivity contribution in [1.29, 1.82) is 0 Å². The van der Waals surface area contributed by atoms with Crippen LogP contribution in [0.15, 0.2) is 29.0 Å². The van der Waals surface area contributed by atoms with Gasteiger partial charge in [-0.25, -0.2) is 0 Å². The van der Waals surface area contributed by atoms with Gasteiger partial charge in [-0.05, 0) is 24.5 Å². The van der Waals surface area contributed by atoms with Crippen LogP contribution in [-0.4, -0.2) is 26.8 Å². The van der Waals surface area contributed by atoms with E-state index in [1.54, 1.807) is 12.4 Å². The number of pyridine rings is 1. The van der Waals surface area contributed by atoms with E-state index in [-0.39, 0.29) is 6.61 Å². The fourth-order valence-corrected chi connectivity index (χ4v) is 1.54. The average Bonchev–Trinajstić information content (AvgIpc) is 2.79. The molecule has 2 aromatic heterocycles. The van der Waals surface area contributed by atoms with Crippen LogP contribution >= 0.6 is 0 Å². The molecule has 0 spiro atoms. The molecule has 17 heavy (non-hydrogen) atoms. The van der Waals surface area contributed by atoms with Gasteiger partial charge in [0, 0.05) is 31.8 Å². The largest absolute Gasteiger partial charge is 0.396 e. The fourth-order valence-electron chi connectivity index (χ4n) is 1.54. The smallest absolute Gasteiger partial charge is 0.226 e. The van der Waals surface area contributed by atoms with Crippen LogP contribution in [0.25, 0.3) is 0 Å². The molecule has 2 heterocycles. The quantitative estimate of drug-likeness (QED) is 0.763. The van der Waals surface area contributed by atoms with Crippen molar-refractivity contribution < 1.29 is 9.63 Å². The Hall–Kier alpha value is -1.75. The van der Waals surface area contributed by atoms with E-state index in [1.165, 1.54) is 0 Å². The average molecular weight is 233 g/mol. The zero-order valence-electron chi connectivity index (χ0n) is 9.54. The second-order valence-electron chi connectivity index (χ2n) is 3.82. The Morgan fingerprint density at radius 2 is 2.24 bits per heavy atom. The number of rotatable bonds is 6. The highest BCUT2D eigenvalue weighted by atomic mass is 16.5. The summed E-state index contributed by atoms with van der Waals surface area (Å²) >= 11 is 0. The minimum absolute atomic E-state index is 0.205. The van der Waals surface area contributed by atoms with Gasteiger partial charge in [0.15, 0.2) is 5.82 Å². The summed E-state index contributed by atoms with van der Waals surface area (Å²) in [6, 6.07) is 3.87. The lowest BCUT2D eigenvalue weighted by molar-refractivity contribution is 0.280. The molecule has 0 saturated carbocycles. The molecule has 0 bridgehead atoms. The predicted molar refractivity (Wildman–Crippen MR) is 61.4 cm³/mol. The molecule has 0 aliphatic carbocycles. The molecule has 0 aromatic carbocycles. The van der Waals surface area contributed by atoms with Crippen molar-refractivity contribution >= 4 is 0 Å². The van der Waals surface area contributed by atoms with Gasteiger partial charge in [0.1, 0.15) is 0 Å². The predicted octanol–water partition coefficient (Wildman–Crippen LogP) is 1.37. The van der Waals surface area contributed by atoms with Crippen molar-refractivity contribution in [3.63, 3.8) is 0 Å². The highest BCUT2D eigenvalue weighted by Crippen LogP contribution is 2.07. The van der Waals surface area contributed by atoms with Gasteiger partial charge in [-0.2, -0.15) is 4.98 Å². The van der Waals surface area contributed by atoms with Gasteiger partial charge in [0.05, 0.1) is 0 Å². The van der Waals surface area contributed by atoms with Gasteiger partial charge >= 0.3 is 0 Å². The molecule has 1 N–H and O–H groups in total. The third kappa shape index (κ3) is 3.64. The normalized spacial score (nSPS) is 10.6. The molecular weight excluding hydrogens is 218 g/mol. The maximum atomic E-state index is 8.67. The van der Waals surface area contributed by atoms with Crippen LogP contribution in [0, 0.1) is 0 Å². The van der Waals surface area contributed by atoms with Crippen molar-refractivity contribution in [3.05, 3.63) is 41.8 Å². The monoisotopic (exact) mass is 233 g/mol. The van der Waals surface area contributed by atoms with Crippen molar-refractivity contribution in [2.24, 2.45) is 0 Å². The molecule has 0 saturated heterocycles. The molecule has 0 aliphatic heterocycles. The number of unbranched alkanes of at least 4 members (excludes halogenated alkanes) is 1. The minimum Gasteiger partial charge on any atom is -0.396 e. The van der Waals surface area contributed by atoms with Gasteiger partial charge in [-0.15, -0.1) is 0 Å². The number of aryl methyl sites for hydroxylation is 1. The van der Waals surface area contributed by atoms with Crippen LogP contribution in [0.1, 0.15) is 30.1 Å². The maximum Gasteiger partial charge on any atom is 0.226 e. The summed E-state index contributed by atoms with van der Waals surface area (Å²) in [6.45, 7) is 0.205. The Bertz CT molecular complexity index is 442. The van der Waals surface area contributed by atoms with Crippen LogP contribution in [0.5, 0.6) is 0 Å². The number of aromatic nitrogens is 3. The van der Waals surface area contributed by atoms with Crippen LogP contribution < -0.4 is 0 Å². The minimum atomic E-state index is 0.205. The second kappa shape index (κ2) is 6.10. The number of aliphatic hydroxyl groups is 1. The Kier molecular flexibility index (Phi) is 4.21. The third-order valence-corrected chi connectivity index (χ3v) is 2.39. The molecule has 0 aliphatic rings. The standard InChI is InChI=1S/C12H15N3O2/c16-7-2-1-5-12-14-11(15-17-12)8-10-4-3-6-13-9-10/h3-4,6,9,16H,1-2,5,7-8H2. The second-order valence-corrected chi connectivity index (χ2v) is 3.82. The Labute approximate surface area is 99.5 Å². The number of hydrogen-bond acceptors (Lipinski definition) is 5. The SMILES string of the molecule is OCCCCc1nc(Cc2cccnc2)no1. The van der Waals surface area contributed by atoms with Gasteiger partial charge in [-0.3, -0.25) is 4.98 Å². The fraction of sp³-hybridized carbons (Fsp3) is 0.417. The molecule has 5 heteroatoms. The van der Waals surface area contributed by atoms with Crippen LogP contribution in [-0.2, 0) is 12.8 Å². The molecule has 0 fully saturated rings. The van der Waals surface area contributed by atoms with E-state index in [4.69, 9.17) is 9.63 Å². The van der Waals surface area contributed by atoms with Crippen LogP contribution in [0.3, 0.4) is 0 Å². The van der Waals surface area contributed by atoms with Crippen molar-refractivity contribution in [2.75, 3.05) is 6.61 Å². The molecular formula is C12H15N3O2. The molecule has 90 valence electrons. The van der Waals surface area contributed by atoms with E-state index in [9.17, 15) is 0 Å².